The summed E-state index contributed by atoms with van der Waals surface area (Å²) in [4.78, 5) is 26.1. The number of carbonyl (C=O) groups excluding carboxylic acids is 2. The SMILES string of the molecule is CCOc1ccc(N2C(=O)S/C(=C\C=C\c3ccco3)C2=O)cc1. The van der Waals surface area contributed by atoms with Gasteiger partial charge in [0.15, 0.2) is 0 Å². The van der Waals surface area contributed by atoms with E-state index in [1.165, 1.54) is 0 Å². The number of carbonyl (C=O) groups is 2. The molecule has 1 aromatic heterocycles. The third-order valence-corrected chi connectivity index (χ3v) is 4.14. The Morgan fingerprint density at radius 3 is 2.67 bits per heavy atom. The number of nitrogens with zero attached hydrogens (tertiary/aromatic N) is 1. The van der Waals surface area contributed by atoms with Crippen LogP contribution in [0.4, 0.5) is 10.5 Å². The maximum Gasteiger partial charge on any atom is 0.298 e. The van der Waals surface area contributed by atoms with Gasteiger partial charge in [-0.25, -0.2) is 4.90 Å². The van der Waals surface area contributed by atoms with Crippen molar-refractivity contribution in [2.45, 2.75) is 6.92 Å². The molecule has 0 aliphatic carbocycles. The number of benzene rings is 1. The maximum atomic E-state index is 12.4. The third kappa shape index (κ3) is 3.44. The van der Waals surface area contributed by atoms with Gasteiger partial charge >= 0.3 is 0 Å². The molecule has 1 saturated heterocycles. The lowest BCUT2D eigenvalue weighted by Gasteiger charge is -2.13. The number of anilines is 1. The van der Waals surface area contributed by atoms with E-state index >= 15 is 0 Å². The minimum atomic E-state index is -0.335. The van der Waals surface area contributed by atoms with Crippen molar-refractivity contribution >= 4 is 34.7 Å². The van der Waals surface area contributed by atoms with Gasteiger partial charge in [0.05, 0.1) is 23.5 Å². The van der Waals surface area contributed by atoms with Crippen molar-refractivity contribution in [3.63, 3.8) is 0 Å². The monoisotopic (exact) mass is 341 g/mol. The van der Waals surface area contributed by atoms with E-state index in [2.05, 4.69) is 0 Å². The standard InChI is InChI=1S/C18H15NO4S/c1-2-22-15-10-8-13(9-11-15)19-17(20)16(24-18(19)21)7-3-5-14-6-4-12-23-14/h3-12H,2H2,1H3/b5-3+,16-7-. The molecule has 0 unspecified atom stereocenters. The second-order valence-corrected chi connectivity index (χ2v) is 5.83. The molecule has 1 aliphatic heterocycles. The first kappa shape index (κ1) is 16.1. The molecule has 2 amide bonds. The third-order valence-electron chi connectivity index (χ3n) is 3.25. The molecule has 0 spiro atoms. The molecule has 1 aromatic carbocycles. The quantitative estimate of drug-likeness (QED) is 0.751. The van der Waals surface area contributed by atoms with Gasteiger partial charge in [0.2, 0.25) is 0 Å². The largest absolute Gasteiger partial charge is 0.494 e. The zero-order valence-corrected chi connectivity index (χ0v) is 13.8. The molecule has 1 aliphatic rings. The number of furan rings is 1. The van der Waals surface area contributed by atoms with Crippen LogP contribution >= 0.6 is 11.8 Å². The van der Waals surface area contributed by atoms with E-state index in [0.717, 1.165) is 16.7 Å². The van der Waals surface area contributed by atoms with Gasteiger partial charge in [-0.2, -0.15) is 0 Å². The zero-order chi connectivity index (χ0) is 16.9. The molecule has 0 saturated carbocycles. The maximum absolute atomic E-state index is 12.4. The molecule has 2 heterocycles. The summed E-state index contributed by atoms with van der Waals surface area (Å²) < 4.78 is 10.5. The molecular formula is C18H15NO4S. The Morgan fingerprint density at radius 1 is 1.21 bits per heavy atom. The Morgan fingerprint density at radius 2 is 2.00 bits per heavy atom. The lowest BCUT2D eigenvalue weighted by Crippen LogP contribution is -2.27. The molecule has 0 radical (unpaired) electrons. The molecule has 0 bridgehead atoms. The summed E-state index contributed by atoms with van der Waals surface area (Å²) in [5, 5.41) is -0.318. The van der Waals surface area contributed by atoms with Gasteiger partial charge in [-0.15, -0.1) is 0 Å². The highest BCUT2D eigenvalue weighted by Crippen LogP contribution is 2.35. The molecule has 2 aromatic rings. The highest BCUT2D eigenvalue weighted by atomic mass is 32.2. The Labute approximate surface area is 143 Å². The lowest BCUT2D eigenvalue weighted by atomic mass is 10.2. The number of ether oxygens (including phenoxy) is 1. The molecule has 3 rings (SSSR count). The van der Waals surface area contributed by atoms with Gasteiger partial charge in [-0.1, -0.05) is 6.08 Å². The first-order valence-electron chi connectivity index (χ1n) is 7.40. The average molecular weight is 341 g/mol. The number of hydrogen-bond acceptors (Lipinski definition) is 5. The van der Waals surface area contributed by atoms with Gasteiger partial charge in [0.1, 0.15) is 11.5 Å². The van der Waals surface area contributed by atoms with E-state index in [-0.39, 0.29) is 11.1 Å². The van der Waals surface area contributed by atoms with Crippen LogP contribution in [0.15, 0.2) is 64.1 Å². The highest BCUT2D eigenvalue weighted by Gasteiger charge is 2.35. The summed E-state index contributed by atoms with van der Waals surface area (Å²) in [6, 6.07) is 10.5. The molecular weight excluding hydrogens is 326 g/mol. The fraction of sp³-hybridized carbons (Fsp3) is 0.111. The number of thioether (sulfide) groups is 1. The van der Waals surface area contributed by atoms with Crippen molar-refractivity contribution < 1.29 is 18.7 Å². The predicted molar refractivity (Wildman–Crippen MR) is 93.9 cm³/mol. The lowest BCUT2D eigenvalue weighted by molar-refractivity contribution is -0.113. The van der Waals surface area contributed by atoms with Crippen molar-refractivity contribution in [2.75, 3.05) is 11.5 Å². The van der Waals surface area contributed by atoms with Crippen LogP contribution in [0, 0.1) is 0 Å². The summed E-state index contributed by atoms with van der Waals surface area (Å²) >= 11 is 0.914. The minimum Gasteiger partial charge on any atom is -0.494 e. The van der Waals surface area contributed by atoms with Crippen LogP contribution in [0.5, 0.6) is 5.75 Å². The smallest absolute Gasteiger partial charge is 0.298 e. The highest BCUT2D eigenvalue weighted by molar-refractivity contribution is 8.18. The first-order chi connectivity index (χ1) is 11.7. The fourth-order valence-corrected chi connectivity index (χ4v) is 2.97. The van der Waals surface area contributed by atoms with Gasteiger partial charge in [-0.3, -0.25) is 9.59 Å². The van der Waals surface area contributed by atoms with Crippen molar-refractivity contribution in [1.82, 2.24) is 0 Å². The summed E-state index contributed by atoms with van der Waals surface area (Å²) in [6.45, 7) is 2.46. The van der Waals surface area contributed by atoms with Crippen LogP contribution in [0.25, 0.3) is 6.08 Å². The molecule has 5 nitrogen and oxygen atoms in total. The summed E-state index contributed by atoms with van der Waals surface area (Å²) in [6.07, 6.45) is 6.60. The van der Waals surface area contributed by atoms with E-state index in [1.807, 2.05) is 6.92 Å². The van der Waals surface area contributed by atoms with Gasteiger partial charge < -0.3 is 9.15 Å². The normalized spacial score (nSPS) is 16.5. The summed E-state index contributed by atoms with van der Waals surface area (Å²) in [5.41, 5.74) is 0.527. The number of imide groups is 1. The van der Waals surface area contributed by atoms with E-state index in [9.17, 15) is 9.59 Å². The van der Waals surface area contributed by atoms with Gasteiger partial charge in [0, 0.05) is 0 Å². The molecule has 6 heteroatoms. The topological polar surface area (TPSA) is 59.8 Å². The Balaban J connectivity index is 1.76. The van der Waals surface area contributed by atoms with E-state index in [4.69, 9.17) is 9.15 Å². The number of hydrogen-bond donors (Lipinski definition) is 0. The Kier molecular flexibility index (Phi) is 4.86. The fourth-order valence-electron chi connectivity index (χ4n) is 2.18. The van der Waals surface area contributed by atoms with Gasteiger partial charge in [0.25, 0.3) is 11.1 Å². The number of rotatable bonds is 5. The van der Waals surface area contributed by atoms with E-state index in [0.29, 0.717) is 28.7 Å². The van der Waals surface area contributed by atoms with Crippen LogP contribution < -0.4 is 9.64 Å². The molecule has 24 heavy (non-hydrogen) atoms. The Hall–Kier alpha value is -2.73. The van der Waals surface area contributed by atoms with Crippen LogP contribution in [-0.2, 0) is 4.79 Å². The summed E-state index contributed by atoms with van der Waals surface area (Å²) in [5.74, 6) is 1.04. The molecule has 1 fully saturated rings. The molecule has 122 valence electrons. The molecule has 0 atom stereocenters. The predicted octanol–water partition coefficient (Wildman–Crippen LogP) is 4.48. The Bertz CT molecular complexity index is 791. The second-order valence-electron chi connectivity index (χ2n) is 4.84. The van der Waals surface area contributed by atoms with E-state index in [1.54, 1.807) is 60.9 Å². The number of allylic oxidation sites excluding steroid dienone is 2. The zero-order valence-electron chi connectivity index (χ0n) is 13.0. The number of amides is 2. The summed E-state index contributed by atoms with van der Waals surface area (Å²) in [7, 11) is 0. The second kappa shape index (κ2) is 7.23. The minimum absolute atomic E-state index is 0.318. The van der Waals surface area contributed by atoms with Gasteiger partial charge in [-0.05, 0) is 67.2 Å². The average Bonchev–Trinajstić information content (AvgIpc) is 3.18. The van der Waals surface area contributed by atoms with Crippen LogP contribution in [0.1, 0.15) is 12.7 Å². The van der Waals surface area contributed by atoms with Crippen LogP contribution in [0.3, 0.4) is 0 Å². The van der Waals surface area contributed by atoms with Crippen molar-refractivity contribution in [1.29, 1.82) is 0 Å². The first-order valence-corrected chi connectivity index (χ1v) is 8.21. The van der Waals surface area contributed by atoms with Crippen LogP contribution in [-0.4, -0.2) is 17.8 Å². The van der Waals surface area contributed by atoms with Crippen molar-refractivity contribution in [2.24, 2.45) is 0 Å². The van der Waals surface area contributed by atoms with E-state index < -0.39 is 0 Å². The van der Waals surface area contributed by atoms with Crippen LogP contribution in [0.2, 0.25) is 0 Å². The van der Waals surface area contributed by atoms with Crippen molar-refractivity contribution in [3.8, 4) is 5.75 Å². The van der Waals surface area contributed by atoms with Crippen molar-refractivity contribution in [3.05, 3.63) is 65.5 Å². The molecule has 0 N–H and O–H groups in total.